The lowest BCUT2D eigenvalue weighted by Gasteiger charge is -2.26. The van der Waals surface area contributed by atoms with Crippen molar-refractivity contribution in [1.29, 1.82) is 0 Å². The molecule has 2 aromatic rings. The first-order valence-corrected chi connectivity index (χ1v) is 6.90. The van der Waals surface area contributed by atoms with Gasteiger partial charge in [-0.05, 0) is 18.2 Å². The number of ether oxygens (including phenoxy) is 1. The Labute approximate surface area is 122 Å². The highest BCUT2D eigenvalue weighted by molar-refractivity contribution is 6.33. The smallest absolute Gasteiger partial charge is 0.253 e. The molecule has 20 heavy (non-hydrogen) atoms. The van der Waals surface area contributed by atoms with Gasteiger partial charge in [0, 0.05) is 12.0 Å². The van der Waals surface area contributed by atoms with Gasteiger partial charge in [-0.2, -0.15) is 0 Å². The first-order chi connectivity index (χ1) is 9.75. The van der Waals surface area contributed by atoms with Gasteiger partial charge in [0.25, 0.3) is 5.91 Å². The number of para-hydroxylation sites is 1. The number of carbonyl (C=O) groups excluding carboxylic acids is 1. The van der Waals surface area contributed by atoms with Crippen LogP contribution in [0.3, 0.4) is 0 Å². The van der Waals surface area contributed by atoms with Gasteiger partial charge in [-0.1, -0.05) is 41.9 Å². The van der Waals surface area contributed by atoms with Gasteiger partial charge in [0.05, 0.1) is 23.2 Å². The van der Waals surface area contributed by atoms with Crippen molar-refractivity contribution in [1.82, 2.24) is 5.32 Å². The summed E-state index contributed by atoms with van der Waals surface area (Å²) in [6.45, 7) is 0.602. The standard InChI is InChI=1S/C16H14ClNO2/c17-13-7-3-1-5-11(13)16(19)18-14-9-10-20-15-8-4-2-6-12(14)15/h1-8,14H,9-10H2,(H,18,19). The monoisotopic (exact) mass is 287 g/mol. The Hall–Kier alpha value is -2.00. The lowest BCUT2D eigenvalue weighted by molar-refractivity contribution is 0.0925. The van der Waals surface area contributed by atoms with Crippen LogP contribution in [0.2, 0.25) is 5.02 Å². The van der Waals surface area contributed by atoms with Crippen LogP contribution in [-0.2, 0) is 0 Å². The summed E-state index contributed by atoms with van der Waals surface area (Å²) in [6.07, 6.45) is 0.757. The first kappa shape index (κ1) is 13.0. The summed E-state index contributed by atoms with van der Waals surface area (Å²) >= 11 is 6.05. The largest absolute Gasteiger partial charge is 0.493 e. The van der Waals surface area contributed by atoms with Crippen molar-refractivity contribution in [3.05, 3.63) is 64.7 Å². The van der Waals surface area contributed by atoms with E-state index in [1.807, 2.05) is 30.3 Å². The number of amides is 1. The quantitative estimate of drug-likeness (QED) is 0.916. The Morgan fingerprint density at radius 3 is 2.75 bits per heavy atom. The molecule has 102 valence electrons. The highest BCUT2D eigenvalue weighted by Gasteiger charge is 2.23. The highest BCUT2D eigenvalue weighted by atomic mass is 35.5. The van der Waals surface area contributed by atoms with E-state index in [0.29, 0.717) is 17.2 Å². The lowest BCUT2D eigenvalue weighted by atomic mass is 10.00. The van der Waals surface area contributed by atoms with E-state index in [1.165, 1.54) is 0 Å². The fourth-order valence-electron chi connectivity index (χ4n) is 2.37. The Morgan fingerprint density at radius 2 is 1.90 bits per heavy atom. The Morgan fingerprint density at radius 1 is 1.15 bits per heavy atom. The summed E-state index contributed by atoms with van der Waals surface area (Å²) in [4.78, 5) is 12.3. The number of nitrogens with one attached hydrogen (secondary N) is 1. The second-order valence-electron chi connectivity index (χ2n) is 4.68. The zero-order chi connectivity index (χ0) is 13.9. The van der Waals surface area contributed by atoms with Crippen LogP contribution < -0.4 is 10.1 Å². The van der Waals surface area contributed by atoms with Crippen LogP contribution in [0.25, 0.3) is 0 Å². The fraction of sp³-hybridized carbons (Fsp3) is 0.188. The van der Waals surface area contributed by atoms with Crippen molar-refractivity contribution in [3.8, 4) is 5.75 Å². The Bertz CT molecular complexity index is 642. The minimum Gasteiger partial charge on any atom is -0.493 e. The molecule has 1 amide bonds. The van der Waals surface area contributed by atoms with Gasteiger partial charge in [0.15, 0.2) is 0 Å². The first-order valence-electron chi connectivity index (χ1n) is 6.53. The van der Waals surface area contributed by atoms with E-state index in [0.717, 1.165) is 17.7 Å². The lowest BCUT2D eigenvalue weighted by Crippen LogP contribution is -2.32. The van der Waals surface area contributed by atoms with Gasteiger partial charge < -0.3 is 10.1 Å². The van der Waals surface area contributed by atoms with Crippen LogP contribution in [0.1, 0.15) is 28.4 Å². The number of hydrogen-bond donors (Lipinski definition) is 1. The van der Waals surface area contributed by atoms with E-state index in [4.69, 9.17) is 16.3 Å². The van der Waals surface area contributed by atoms with Crippen molar-refractivity contribution in [2.45, 2.75) is 12.5 Å². The summed E-state index contributed by atoms with van der Waals surface area (Å²) in [6, 6.07) is 14.8. The van der Waals surface area contributed by atoms with Gasteiger partial charge in [-0.3, -0.25) is 4.79 Å². The molecule has 0 spiro atoms. The van der Waals surface area contributed by atoms with Gasteiger partial charge >= 0.3 is 0 Å². The van der Waals surface area contributed by atoms with Gasteiger partial charge in [0.2, 0.25) is 0 Å². The number of halogens is 1. The fourth-order valence-corrected chi connectivity index (χ4v) is 2.59. The third-order valence-electron chi connectivity index (χ3n) is 3.38. The molecule has 1 N–H and O–H groups in total. The summed E-state index contributed by atoms with van der Waals surface area (Å²) < 4.78 is 5.59. The van der Waals surface area contributed by atoms with Crippen molar-refractivity contribution in [2.75, 3.05) is 6.61 Å². The van der Waals surface area contributed by atoms with Crippen LogP contribution in [0.4, 0.5) is 0 Å². The Kier molecular flexibility index (Phi) is 3.61. The molecule has 1 unspecified atom stereocenters. The van der Waals surface area contributed by atoms with Gasteiger partial charge in [-0.15, -0.1) is 0 Å². The van der Waals surface area contributed by atoms with Crippen LogP contribution in [0.15, 0.2) is 48.5 Å². The molecular formula is C16H14ClNO2. The normalized spacial score (nSPS) is 16.9. The average Bonchev–Trinajstić information content (AvgIpc) is 2.48. The van der Waals surface area contributed by atoms with Crippen LogP contribution in [0.5, 0.6) is 5.75 Å². The van der Waals surface area contributed by atoms with E-state index in [1.54, 1.807) is 18.2 Å². The maximum absolute atomic E-state index is 12.3. The average molecular weight is 288 g/mol. The predicted octanol–water partition coefficient (Wildman–Crippen LogP) is 3.59. The molecule has 1 aliphatic rings. The van der Waals surface area contributed by atoms with E-state index in [9.17, 15) is 4.79 Å². The zero-order valence-corrected chi connectivity index (χ0v) is 11.6. The molecule has 4 heteroatoms. The SMILES string of the molecule is O=C(NC1CCOc2ccccc21)c1ccccc1Cl. The minimum absolute atomic E-state index is 0.0382. The van der Waals surface area contributed by atoms with E-state index < -0.39 is 0 Å². The van der Waals surface area contributed by atoms with Gasteiger partial charge in [-0.25, -0.2) is 0 Å². The number of rotatable bonds is 2. The molecule has 0 saturated carbocycles. The molecule has 2 aromatic carbocycles. The molecule has 3 nitrogen and oxygen atoms in total. The van der Waals surface area contributed by atoms with Gasteiger partial charge in [0.1, 0.15) is 5.75 Å². The number of fused-ring (bicyclic) bond motifs is 1. The maximum Gasteiger partial charge on any atom is 0.253 e. The Balaban J connectivity index is 1.83. The van der Waals surface area contributed by atoms with Crippen molar-refractivity contribution in [3.63, 3.8) is 0 Å². The topological polar surface area (TPSA) is 38.3 Å². The van der Waals surface area contributed by atoms with E-state index in [2.05, 4.69) is 5.32 Å². The van der Waals surface area contributed by atoms with Crippen LogP contribution in [0, 0.1) is 0 Å². The molecule has 0 aliphatic carbocycles. The van der Waals surface area contributed by atoms with Crippen LogP contribution in [-0.4, -0.2) is 12.5 Å². The number of benzene rings is 2. The van der Waals surface area contributed by atoms with E-state index >= 15 is 0 Å². The molecule has 1 atom stereocenters. The molecule has 3 rings (SSSR count). The minimum atomic E-state index is -0.155. The summed E-state index contributed by atoms with van der Waals surface area (Å²) in [7, 11) is 0. The molecule has 0 fully saturated rings. The summed E-state index contributed by atoms with van der Waals surface area (Å²) in [5, 5.41) is 3.49. The molecule has 0 saturated heterocycles. The summed E-state index contributed by atoms with van der Waals surface area (Å²) in [5.41, 5.74) is 1.51. The predicted molar refractivity (Wildman–Crippen MR) is 78.2 cm³/mol. The molecule has 0 bridgehead atoms. The molecule has 1 heterocycles. The number of hydrogen-bond acceptors (Lipinski definition) is 2. The molecule has 0 radical (unpaired) electrons. The third-order valence-corrected chi connectivity index (χ3v) is 3.71. The molecular weight excluding hydrogens is 274 g/mol. The summed E-state index contributed by atoms with van der Waals surface area (Å²) in [5.74, 6) is 0.681. The van der Waals surface area contributed by atoms with E-state index in [-0.39, 0.29) is 11.9 Å². The molecule has 0 aromatic heterocycles. The third kappa shape index (κ3) is 2.49. The van der Waals surface area contributed by atoms with Crippen molar-refractivity contribution >= 4 is 17.5 Å². The van der Waals surface area contributed by atoms with Crippen molar-refractivity contribution in [2.24, 2.45) is 0 Å². The highest BCUT2D eigenvalue weighted by Crippen LogP contribution is 2.31. The second kappa shape index (κ2) is 5.55. The second-order valence-corrected chi connectivity index (χ2v) is 5.09. The van der Waals surface area contributed by atoms with Crippen molar-refractivity contribution < 1.29 is 9.53 Å². The van der Waals surface area contributed by atoms with Crippen LogP contribution >= 0.6 is 11.6 Å². The zero-order valence-electron chi connectivity index (χ0n) is 10.8. The molecule has 1 aliphatic heterocycles. The number of carbonyl (C=O) groups is 1. The maximum atomic E-state index is 12.3.